The van der Waals surface area contributed by atoms with Gasteiger partial charge in [-0.1, -0.05) is 194 Å². The van der Waals surface area contributed by atoms with Crippen LogP contribution in [0, 0.1) is 0 Å². The molecule has 0 radical (unpaired) electrons. The minimum atomic E-state index is -4.82. The summed E-state index contributed by atoms with van der Waals surface area (Å²) in [6, 6.07) is 0. The van der Waals surface area contributed by atoms with E-state index in [0.29, 0.717) is 12.8 Å². The van der Waals surface area contributed by atoms with Crippen LogP contribution in [0.3, 0.4) is 0 Å². The predicted octanol–water partition coefficient (Wildman–Crippen LogP) is -2.30. The molecule has 0 aliphatic heterocycles. The Bertz CT molecular complexity index is 1570. The molecule has 2 atom stereocenters. The van der Waals surface area contributed by atoms with Gasteiger partial charge in [0.25, 0.3) is 20.2 Å². The van der Waals surface area contributed by atoms with Gasteiger partial charge in [0, 0.05) is 24.8 Å². The molecule has 404 valence electrons. The van der Waals surface area contributed by atoms with Gasteiger partial charge in [-0.25, -0.2) is 8.42 Å². The minimum Gasteiger partial charge on any atom is -0.748 e. The quantitative estimate of drug-likeness (QED) is 0.0213. The minimum absolute atomic E-state index is 0. The number of esters is 3. The monoisotopic (exact) mass is 1110 g/mol. The second-order valence-electron chi connectivity index (χ2n) is 17.0. The molecule has 0 aliphatic rings. The number of unbranched alkanes of at least 4 members (excludes halogenated alkanes) is 27. The molecule has 0 aromatic heterocycles. The Kier molecular flexibility index (Phi) is 63.7. The predicted molar refractivity (Wildman–Crippen MR) is 253 cm³/mol. The second-order valence-corrected chi connectivity index (χ2v) is 21.6. The van der Waals surface area contributed by atoms with Gasteiger partial charge in [-0.2, -0.15) is 16.8 Å². The van der Waals surface area contributed by atoms with Gasteiger partial charge in [0.2, 0.25) is 0 Å². The molecule has 2 N–H and O–H groups in total. The Morgan fingerprint density at radius 3 is 0.803 bits per heavy atom. The van der Waals surface area contributed by atoms with Crippen LogP contribution in [0.25, 0.3) is 0 Å². The van der Waals surface area contributed by atoms with E-state index in [1.54, 1.807) is 0 Å². The summed E-state index contributed by atoms with van der Waals surface area (Å²) in [6.45, 7) is 6.79. The molecule has 0 spiro atoms. The molecule has 0 rings (SSSR count). The largest absolute Gasteiger partial charge is 1.00 e. The maximum Gasteiger partial charge on any atom is 1.00 e. The summed E-state index contributed by atoms with van der Waals surface area (Å²) in [5, 5.41) is 16.6. The molecule has 0 amide bonds. The third-order valence-corrected chi connectivity index (χ3v) is 13.2. The maximum atomic E-state index is 11.5. The number of carbonyl (C=O) groups is 5. The van der Waals surface area contributed by atoms with Gasteiger partial charge < -0.3 is 38.6 Å². The topological polar surface area (TPSA) is 325 Å². The average Bonchev–Trinajstić information content (AvgIpc) is 3.23. The van der Waals surface area contributed by atoms with Crippen LogP contribution in [0.1, 0.15) is 226 Å². The Labute approximate surface area is 493 Å². The first-order valence-corrected chi connectivity index (χ1v) is 29.4. The molecule has 71 heavy (non-hydrogen) atoms. The van der Waals surface area contributed by atoms with E-state index in [-0.39, 0.29) is 108 Å². The number of ether oxygens (including phenoxy) is 3. The SMILES string of the molecule is CCCCCCCCCCCCOC(=O)C(CC(=O)[O-])S(=O)(=O)O.CCCCCCCCCCCCOC(=O)C(CC(=O)[O-])S(=O)(=O)O.CCCCCCCCCCCCOC(=O)CS(=O)(=O)[O-].[Na+].[Na+].[Na+]. The molecule has 0 bridgehead atoms. The second kappa shape index (κ2) is 54.9. The standard InChI is InChI=1S/2C16H30O7S.C14H28O5S.3Na/c2*1-2-3-4-5-6-7-8-9-10-11-12-23-16(19)14(13-15(17)18)24(20,21)22;1-2-3-4-5-6-7-8-9-10-11-12-19-14(15)13-20(16,17)18;;;/h2*14H,2-13H2,1H3,(H,17,18)(H,20,21,22);2-13H2,1H3,(H,16,17,18);;;/q;;;3*+1/p-3. The van der Waals surface area contributed by atoms with Gasteiger partial charge in [-0.3, -0.25) is 23.5 Å². The van der Waals surface area contributed by atoms with E-state index in [1.165, 1.54) is 122 Å². The smallest absolute Gasteiger partial charge is 0.748 e. The van der Waals surface area contributed by atoms with Crippen molar-refractivity contribution in [1.82, 2.24) is 0 Å². The number of carbonyl (C=O) groups excluding carboxylic acids is 5. The van der Waals surface area contributed by atoms with Gasteiger partial charge in [-0.15, -0.1) is 0 Å². The molecule has 0 saturated heterocycles. The van der Waals surface area contributed by atoms with Crippen LogP contribution < -0.4 is 98.9 Å². The molecule has 0 aliphatic carbocycles. The molecule has 0 heterocycles. The Morgan fingerprint density at radius 2 is 0.606 bits per heavy atom. The summed E-state index contributed by atoms with van der Waals surface area (Å²) in [5.41, 5.74) is 0. The van der Waals surface area contributed by atoms with Crippen LogP contribution in [0.5, 0.6) is 0 Å². The Morgan fingerprint density at radius 1 is 0.394 bits per heavy atom. The van der Waals surface area contributed by atoms with Gasteiger partial charge in [0.05, 0.1) is 19.8 Å². The van der Waals surface area contributed by atoms with Crippen LogP contribution in [0.15, 0.2) is 0 Å². The zero-order valence-corrected chi connectivity index (χ0v) is 52.6. The first-order chi connectivity index (χ1) is 32.0. The van der Waals surface area contributed by atoms with Crippen molar-refractivity contribution in [2.75, 3.05) is 25.6 Å². The van der Waals surface area contributed by atoms with E-state index < -0.39 is 89.3 Å². The van der Waals surface area contributed by atoms with Crippen molar-refractivity contribution in [3.8, 4) is 0 Å². The molecule has 0 fully saturated rings. The van der Waals surface area contributed by atoms with Crippen molar-refractivity contribution in [1.29, 1.82) is 0 Å². The maximum absolute atomic E-state index is 11.5. The van der Waals surface area contributed by atoms with Crippen LogP contribution in [-0.4, -0.2) is 105 Å². The Balaban J connectivity index is -0.000000220. The summed E-state index contributed by atoms with van der Waals surface area (Å²) >= 11 is 0. The average molecular weight is 1110 g/mol. The third kappa shape index (κ3) is 62.5. The summed E-state index contributed by atoms with van der Waals surface area (Å²) in [4.78, 5) is 54.8. The fourth-order valence-electron chi connectivity index (χ4n) is 6.60. The first kappa shape index (κ1) is 82.4. The van der Waals surface area contributed by atoms with E-state index in [1.807, 2.05) is 0 Å². The molecule has 25 heteroatoms. The van der Waals surface area contributed by atoms with Crippen molar-refractivity contribution in [3.05, 3.63) is 0 Å². The number of hydrogen-bond donors (Lipinski definition) is 2. The van der Waals surface area contributed by atoms with Crippen LogP contribution in [-0.2, 0) is 68.5 Å². The van der Waals surface area contributed by atoms with Crippen molar-refractivity contribution >= 4 is 60.2 Å². The van der Waals surface area contributed by atoms with Crippen molar-refractivity contribution in [2.45, 2.75) is 237 Å². The van der Waals surface area contributed by atoms with Crippen LogP contribution in [0.4, 0.5) is 0 Å². The van der Waals surface area contributed by atoms with Gasteiger partial charge in [0.15, 0.2) is 10.5 Å². The van der Waals surface area contributed by atoms with Crippen LogP contribution >= 0.6 is 0 Å². The van der Waals surface area contributed by atoms with Crippen molar-refractivity contribution in [3.63, 3.8) is 0 Å². The fraction of sp³-hybridized carbons (Fsp3) is 0.891. The molecular weight excluding hydrogens is 1020 g/mol. The van der Waals surface area contributed by atoms with E-state index in [4.69, 9.17) is 18.6 Å². The number of hydrogen-bond acceptors (Lipinski definition) is 17. The van der Waals surface area contributed by atoms with E-state index in [0.717, 1.165) is 57.8 Å². The number of carboxylic acids is 2. The summed E-state index contributed by atoms with van der Waals surface area (Å²) in [5.74, 6) is -8.00. The molecule has 0 saturated carbocycles. The van der Waals surface area contributed by atoms with Gasteiger partial charge in [0.1, 0.15) is 15.9 Å². The van der Waals surface area contributed by atoms with E-state index in [9.17, 15) is 64.0 Å². The number of rotatable bonds is 43. The molecule has 0 aromatic carbocycles. The third-order valence-electron chi connectivity index (χ3n) is 10.5. The first-order valence-electron chi connectivity index (χ1n) is 24.8. The number of aliphatic carboxylic acids is 2. The summed E-state index contributed by atoms with van der Waals surface area (Å²) in [7, 11) is -14.2. The van der Waals surface area contributed by atoms with E-state index >= 15 is 0 Å². The summed E-state index contributed by atoms with van der Waals surface area (Å²) in [6.07, 6.45) is 31.6. The van der Waals surface area contributed by atoms with Crippen molar-refractivity contribution < 1.29 is 176 Å². The molecular formula is C46H85Na3O19S3. The van der Waals surface area contributed by atoms with E-state index in [2.05, 4.69) is 25.5 Å². The van der Waals surface area contributed by atoms with Gasteiger partial charge >= 0.3 is 107 Å². The molecule has 19 nitrogen and oxygen atoms in total. The van der Waals surface area contributed by atoms with Crippen molar-refractivity contribution in [2.24, 2.45) is 0 Å². The zero-order chi connectivity index (χ0) is 52.1. The molecule has 0 aromatic rings. The normalized spacial score (nSPS) is 11.9. The Hall–Kier alpha value is 0.0800. The van der Waals surface area contributed by atoms with Gasteiger partial charge in [-0.05, 0) is 19.3 Å². The summed E-state index contributed by atoms with van der Waals surface area (Å²) < 4.78 is 107. The zero-order valence-electron chi connectivity index (χ0n) is 44.2. The number of carboxylic acid groups (broad SMARTS) is 2. The van der Waals surface area contributed by atoms with Crippen LogP contribution in [0.2, 0.25) is 0 Å². The molecule has 2 unspecified atom stereocenters. The fourth-order valence-corrected chi connectivity index (χ4v) is 8.28.